The number of nitrogens with zero attached hydrogens (tertiary/aromatic N) is 2. The number of rotatable bonds is 5. The first-order valence-electron chi connectivity index (χ1n) is 8.66. The lowest BCUT2D eigenvalue weighted by atomic mass is 9.84. The van der Waals surface area contributed by atoms with E-state index in [2.05, 4.69) is 35.9 Å². The summed E-state index contributed by atoms with van der Waals surface area (Å²) in [4.78, 5) is 17.7. The maximum absolute atomic E-state index is 11.0. The normalized spacial score (nSPS) is 17.2. The van der Waals surface area contributed by atoms with Crippen LogP contribution in [0.3, 0.4) is 0 Å². The van der Waals surface area contributed by atoms with Gasteiger partial charge in [-0.15, -0.1) is 0 Å². The number of amides is 1. The Morgan fingerprint density at radius 1 is 1.24 bits per heavy atom. The van der Waals surface area contributed by atoms with Gasteiger partial charge in [0.25, 0.3) is 0 Å². The summed E-state index contributed by atoms with van der Waals surface area (Å²) < 4.78 is 5.71. The van der Waals surface area contributed by atoms with Gasteiger partial charge in [0.05, 0.1) is 5.56 Å². The number of aromatic nitrogens is 1. The minimum atomic E-state index is -0.496. The third-order valence-electron chi connectivity index (χ3n) is 4.55. The first-order chi connectivity index (χ1) is 11.9. The topological polar surface area (TPSA) is 68.5 Å². The van der Waals surface area contributed by atoms with Crippen LogP contribution < -0.4 is 10.5 Å². The Kier molecular flexibility index (Phi) is 5.04. The molecule has 132 valence electrons. The number of piperidine rings is 1. The van der Waals surface area contributed by atoms with Crippen molar-refractivity contribution >= 4 is 5.91 Å². The van der Waals surface area contributed by atoms with E-state index in [1.165, 1.54) is 24.6 Å². The molecule has 0 spiro atoms. The molecule has 25 heavy (non-hydrogen) atoms. The van der Waals surface area contributed by atoms with Crippen LogP contribution in [0.5, 0.6) is 11.6 Å². The molecule has 0 atom stereocenters. The van der Waals surface area contributed by atoms with Crippen LogP contribution in [-0.2, 0) is 6.54 Å². The standard InChI is InChI=1S/C20H25N3O2/c1-20(2)10-3-11-23(14-20)13-15-4-7-17(8-5-15)25-18-9-6-16(12-22-18)19(21)24/h4-9,12H,3,10-11,13-14H2,1-2H3,(H2,21,24). The zero-order chi connectivity index (χ0) is 17.9. The molecule has 0 saturated carbocycles. The molecular weight excluding hydrogens is 314 g/mol. The number of carbonyl (C=O) groups excluding carboxylic acids is 1. The molecule has 0 unspecified atom stereocenters. The molecule has 0 bridgehead atoms. The van der Waals surface area contributed by atoms with E-state index in [4.69, 9.17) is 10.5 Å². The molecule has 2 aromatic rings. The average Bonchev–Trinajstić information content (AvgIpc) is 2.56. The molecule has 1 aliphatic rings. The lowest BCUT2D eigenvalue weighted by Gasteiger charge is -2.38. The van der Waals surface area contributed by atoms with Crippen molar-refractivity contribution in [2.45, 2.75) is 33.2 Å². The van der Waals surface area contributed by atoms with E-state index in [0.717, 1.165) is 25.4 Å². The van der Waals surface area contributed by atoms with Crippen molar-refractivity contribution in [1.82, 2.24) is 9.88 Å². The highest BCUT2D eigenvalue weighted by Crippen LogP contribution is 2.29. The van der Waals surface area contributed by atoms with Gasteiger partial charge < -0.3 is 10.5 Å². The van der Waals surface area contributed by atoms with Gasteiger partial charge in [0.2, 0.25) is 11.8 Å². The molecular formula is C20H25N3O2. The highest BCUT2D eigenvalue weighted by molar-refractivity contribution is 5.92. The van der Waals surface area contributed by atoms with Crippen molar-refractivity contribution in [3.63, 3.8) is 0 Å². The second-order valence-corrected chi connectivity index (χ2v) is 7.47. The van der Waals surface area contributed by atoms with Crippen LogP contribution in [0.1, 0.15) is 42.6 Å². The summed E-state index contributed by atoms with van der Waals surface area (Å²) in [5.74, 6) is 0.668. The maximum atomic E-state index is 11.0. The molecule has 0 radical (unpaired) electrons. The molecule has 1 aromatic heterocycles. The molecule has 5 nitrogen and oxygen atoms in total. The Hall–Kier alpha value is -2.40. The minimum absolute atomic E-state index is 0.368. The zero-order valence-corrected chi connectivity index (χ0v) is 14.9. The Morgan fingerprint density at radius 2 is 2.00 bits per heavy atom. The number of hydrogen-bond acceptors (Lipinski definition) is 4. The van der Waals surface area contributed by atoms with Crippen LogP contribution in [-0.4, -0.2) is 28.9 Å². The van der Waals surface area contributed by atoms with E-state index in [-0.39, 0.29) is 0 Å². The molecule has 1 fully saturated rings. The highest BCUT2D eigenvalue weighted by Gasteiger charge is 2.26. The first kappa shape index (κ1) is 17.4. The predicted molar refractivity (Wildman–Crippen MR) is 97.6 cm³/mol. The fourth-order valence-electron chi connectivity index (χ4n) is 3.31. The average molecular weight is 339 g/mol. The number of carbonyl (C=O) groups is 1. The quantitative estimate of drug-likeness (QED) is 0.904. The maximum Gasteiger partial charge on any atom is 0.250 e. The second kappa shape index (κ2) is 7.23. The van der Waals surface area contributed by atoms with Crippen molar-refractivity contribution < 1.29 is 9.53 Å². The molecule has 1 aromatic carbocycles. The Labute approximate surface area is 148 Å². The molecule has 1 saturated heterocycles. The van der Waals surface area contributed by atoms with Gasteiger partial charge in [-0.3, -0.25) is 9.69 Å². The number of likely N-dealkylation sites (tertiary alicyclic amines) is 1. The third kappa shape index (κ3) is 4.79. The molecule has 5 heteroatoms. The summed E-state index contributed by atoms with van der Waals surface area (Å²) in [6.45, 7) is 7.95. The van der Waals surface area contributed by atoms with Crippen LogP contribution >= 0.6 is 0 Å². The fraction of sp³-hybridized carbons (Fsp3) is 0.400. The first-order valence-corrected chi connectivity index (χ1v) is 8.66. The Bertz CT molecular complexity index is 724. The Morgan fingerprint density at radius 3 is 2.60 bits per heavy atom. The van der Waals surface area contributed by atoms with E-state index in [9.17, 15) is 4.79 Å². The van der Waals surface area contributed by atoms with Gasteiger partial charge in [-0.25, -0.2) is 4.98 Å². The van der Waals surface area contributed by atoms with Crippen molar-refractivity contribution in [2.75, 3.05) is 13.1 Å². The number of nitrogens with two attached hydrogens (primary N) is 1. The van der Waals surface area contributed by atoms with Gasteiger partial charge in [-0.05, 0) is 48.6 Å². The predicted octanol–water partition coefficient (Wildman–Crippen LogP) is 3.59. The van der Waals surface area contributed by atoms with Crippen LogP contribution in [0, 0.1) is 5.41 Å². The molecule has 3 rings (SSSR count). The lowest BCUT2D eigenvalue weighted by molar-refractivity contribution is 0.1000. The van der Waals surface area contributed by atoms with E-state index in [1.807, 2.05) is 12.1 Å². The summed E-state index contributed by atoms with van der Waals surface area (Å²) in [6, 6.07) is 11.3. The van der Waals surface area contributed by atoms with Crippen molar-refractivity contribution in [3.8, 4) is 11.6 Å². The molecule has 0 aliphatic carbocycles. The third-order valence-corrected chi connectivity index (χ3v) is 4.55. The van der Waals surface area contributed by atoms with Gasteiger partial charge >= 0.3 is 0 Å². The number of pyridine rings is 1. The summed E-state index contributed by atoms with van der Waals surface area (Å²) in [6.07, 6.45) is 3.99. The minimum Gasteiger partial charge on any atom is -0.439 e. The van der Waals surface area contributed by atoms with Crippen molar-refractivity contribution in [1.29, 1.82) is 0 Å². The monoisotopic (exact) mass is 339 g/mol. The van der Waals surface area contributed by atoms with E-state index < -0.39 is 5.91 Å². The lowest BCUT2D eigenvalue weighted by Crippen LogP contribution is -2.39. The van der Waals surface area contributed by atoms with E-state index >= 15 is 0 Å². The van der Waals surface area contributed by atoms with Crippen LogP contribution in [0.25, 0.3) is 0 Å². The number of hydrogen-bond donors (Lipinski definition) is 1. The van der Waals surface area contributed by atoms with Gasteiger partial charge in [0, 0.05) is 25.4 Å². The fourth-order valence-corrected chi connectivity index (χ4v) is 3.31. The van der Waals surface area contributed by atoms with E-state index in [1.54, 1.807) is 12.1 Å². The van der Waals surface area contributed by atoms with Crippen molar-refractivity contribution in [3.05, 3.63) is 53.7 Å². The molecule has 1 aliphatic heterocycles. The zero-order valence-electron chi connectivity index (χ0n) is 14.9. The van der Waals surface area contributed by atoms with Crippen LogP contribution in [0.4, 0.5) is 0 Å². The Balaban J connectivity index is 1.59. The van der Waals surface area contributed by atoms with Crippen LogP contribution in [0.15, 0.2) is 42.6 Å². The summed E-state index contributed by atoms with van der Waals surface area (Å²) in [5, 5.41) is 0. The SMILES string of the molecule is CC1(C)CCCN(Cc2ccc(Oc3ccc(C(N)=O)cn3)cc2)C1. The molecule has 2 heterocycles. The summed E-state index contributed by atoms with van der Waals surface area (Å²) in [7, 11) is 0. The molecule has 1 amide bonds. The second-order valence-electron chi connectivity index (χ2n) is 7.47. The number of ether oxygens (including phenoxy) is 1. The summed E-state index contributed by atoms with van der Waals surface area (Å²) in [5.41, 5.74) is 7.26. The smallest absolute Gasteiger partial charge is 0.250 e. The van der Waals surface area contributed by atoms with Crippen molar-refractivity contribution in [2.24, 2.45) is 11.1 Å². The van der Waals surface area contributed by atoms with Gasteiger partial charge in [0.15, 0.2) is 0 Å². The van der Waals surface area contributed by atoms with Gasteiger partial charge in [-0.2, -0.15) is 0 Å². The number of primary amides is 1. The molecule has 2 N–H and O–H groups in total. The number of benzene rings is 1. The summed E-state index contributed by atoms with van der Waals surface area (Å²) >= 11 is 0. The highest BCUT2D eigenvalue weighted by atomic mass is 16.5. The van der Waals surface area contributed by atoms with Crippen LogP contribution in [0.2, 0.25) is 0 Å². The van der Waals surface area contributed by atoms with E-state index in [0.29, 0.717) is 16.9 Å². The van der Waals surface area contributed by atoms with Gasteiger partial charge in [0.1, 0.15) is 5.75 Å². The van der Waals surface area contributed by atoms with Gasteiger partial charge in [-0.1, -0.05) is 26.0 Å². The largest absolute Gasteiger partial charge is 0.439 e.